The number of aromatic nitrogens is 1. The first-order chi connectivity index (χ1) is 9.67. The lowest BCUT2D eigenvalue weighted by molar-refractivity contribution is 0.103. The standard InChI is InChI=1S/C15H12N2O3/c1-16-11-5-2-9(3-6-11)14(18)10-4-7-13-12(8-10)17-15(19)20-13/h2-8,16H,1H3,(H,17,19). The minimum absolute atomic E-state index is 0.100. The quantitative estimate of drug-likeness (QED) is 0.715. The Morgan fingerprint density at radius 1 is 1.10 bits per heavy atom. The van der Waals surface area contributed by atoms with Crippen LogP contribution in [-0.4, -0.2) is 17.8 Å². The van der Waals surface area contributed by atoms with Gasteiger partial charge in [0, 0.05) is 23.9 Å². The predicted octanol–water partition coefficient (Wildman–Crippen LogP) is 2.39. The van der Waals surface area contributed by atoms with Gasteiger partial charge in [-0.2, -0.15) is 0 Å². The summed E-state index contributed by atoms with van der Waals surface area (Å²) in [4.78, 5) is 26.0. The number of hydrogen-bond acceptors (Lipinski definition) is 4. The number of fused-ring (bicyclic) bond motifs is 1. The Labute approximate surface area is 114 Å². The second-order valence-corrected chi connectivity index (χ2v) is 4.38. The third-order valence-corrected chi connectivity index (χ3v) is 3.12. The average Bonchev–Trinajstić information content (AvgIpc) is 2.85. The molecule has 5 nitrogen and oxygen atoms in total. The lowest BCUT2D eigenvalue weighted by Crippen LogP contribution is -2.01. The minimum atomic E-state index is -0.525. The van der Waals surface area contributed by atoms with Gasteiger partial charge < -0.3 is 9.73 Å². The maximum Gasteiger partial charge on any atom is 0.417 e. The fraction of sp³-hybridized carbons (Fsp3) is 0.0667. The van der Waals surface area contributed by atoms with Gasteiger partial charge in [0.05, 0.1) is 5.52 Å². The summed E-state index contributed by atoms with van der Waals surface area (Å²) in [7, 11) is 1.82. The smallest absolute Gasteiger partial charge is 0.408 e. The zero-order valence-corrected chi connectivity index (χ0v) is 10.8. The molecular weight excluding hydrogens is 256 g/mol. The molecular formula is C15H12N2O3. The molecule has 0 atom stereocenters. The average molecular weight is 268 g/mol. The van der Waals surface area contributed by atoms with Gasteiger partial charge in [0.15, 0.2) is 11.4 Å². The van der Waals surface area contributed by atoms with Crippen molar-refractivity contribution >= 4 is 22.6 Å². The molecule has 0 fully saturated rings. The summed E-state index contributed by atoms with van der Waals surface area (Å²) in [6.45, 7) is 0. The third kappa shape index (κ3) is 2.09. The van der Waals surface area contributed by atoms with Gasteiger partial charge in [0.2, 0.25) is 0 Å². The van der Waals surface area contributed by atoms with Crippen molar-refractivity contribution in [3.63, 3.8) is 0 Å². The zero-order valence-electron chi connectivity index (χ0n) is 10.8. The van der Waals surface area contributed by atoms with Crippen molar-refractivity contribution in [1.29, 1.82) is 0 Å². The van der Waals surface area contributed by atoms with E-state index in [2.05, 4.69) is 10.3 Å². The van der Waals surface area contributed by atoms with Crippen molar-refractivity contribution in [3.8, 4) is 0 Å². The molecule has 100 valence electrons. The van der Waals surface area contributed by atoms with Crippen LogP contribution in [0.15, 0.2) is 51.7 Å². The highest BCUT2D eigenvalue weighted by atomic mass is 16.4. The van der Waals surface area contributed by atoms with Crippen LogP contribution in [0.3, 0.4) is 0 Å². The van der Waals surface area contributed by atoms with E-state index in [4.69, 9.17) is 4.42 Å². The Morgan fingerprint density at radius 3 is 2.50 bits per heavy atom. The van der Waals surface area contributed by atoms with E-state index in [0.29, 0.717) is 22.2 Å². The maximum absolute atomic E-state index is 12.4. The van der Waals surface area contributed by atoms with E-state index in [0.717, 1.165) is 5.69 Å². The Balaban J connectivity index is 2.00. The van der Waals surface area contributed by atoms with Crippen LogP contribution in [0.25, 0.3) is 11.1 Å². The van der Waals surface area contributed by atoms with E-state index < -0.39 is 5.76 Å². The molecule has 0 saturated heterocycles. The molecule has 0 bridgehead atoms. The Bertz CT molecular complexity index is 828. The van der Waals surface area contributed by atoms with Crippen LogP contribution >= 0.6 is 0 Å². The van der Waals surface area contributed by atoms with Gasteiger partial charge in [-0.15, -0.1) is 0 Å². The molecule has 2 N–H and O–H groups in total. The summed E-state index contributed by atoms with van der Waals surface area (Å²) in [5.41, 5.74) is 3.00. The zero-order chi connectivity index (χ0) is 14.1. The number of hydrogen-bond donors (Lipinski definition) is 2. The molecule has 0 amide bonds. The first-order valence-corrected chi connectivity index (χ1v) is 6.13. The topological polar surface area (TPSA) is 75.1 Å². The van der Waals surface area contributed by atoms with Crippen molar-refractivity contribution in [2.45, 2.75) is 0 Å². The first kappa shape index (κ1) is 12.2. The summed E-state index contributed by atoms with van der Waals surface area (Å²) in [6, 6.07) is 12.1. The van der Waals surface area contributed by atoms with E-state index in [1.54, 1.807) is 30.3 Å². The molecule has 0 unspecified atom stereocenters. The van der Waals surface area contributed by atoms with E-state index in [9.17, 15) is 9.59 Å². The number of nitrogens with one attached hydrogen (secondary N) is 2. The third-order valence-electron chi connectivity index (χ3n) is 3.12. The molecule has 3 aromatic rings. The molecule has 0 radical (unpaired) electrons. The summed E-state index contributed by atoms with van der Waals surface area (Å²) < 4.78 is 4.91. The number of ketones is 1. The highest BCUT2D eigenvalue weighted by Gasteiger charge is 2.11. The van der Waals surface area contributed by atoms with Crippen LogP contribution in [0.5, 0.6) is 0 Å². The second-order valence-electron chi connectivity index (χ2n) is 4.38. The van der Waals surface area contributed by atoms with E-state index in [-0.39, 0.29) is 5.78 Å². The number of aromatic amines is 1. The number of H-pyrrole nitrogens is 1. The van der Waals surface area contributed by atoms with Crippen LogP contribution in [0.1, 0.15) is 15.9 Å². The molecule has 3 rings (SSSR count). The Kier molecular flexibility index (Phi) is 2.87. The molecule has 0 aliphatic rings. The number of carbonyl (C=O) groups excluding carboxylic acids is 1. The van der Waals surface area contributed by atoms with Crippen LogP contribution in [0.4, 0.5) is 5.69 Å². The normalized spacial score (nSPS) is 10.7. The van der Waals surface area contributed by atoms with Gasteiger partial charge in [-0.25, -0.2) is 4.79 Å². The number of benzene rings is 2. The number of anilines is 1. The molecule has 5 heteroatoms. The molecule has 0 saturated carbocycles. The maximum atomic E-state index is 12.4. The molecule has 1 aromatic heterocycles. The van der Waals surface area contributed by atoms with Crippen molar-refractivity contribution < 1.29 is 9.21 Å². The minimum Gasteiger partial charge on any atom is -0.408 e. The fourth-order valence-corrected chi connectivity index (χ4v) is 2.05. The number of oxazole rings is 1. The molecule has 0 aliphatic carbocycles. The van der Waals surface area contributed by atoms with E-state index >= 15 is 0 Å². The van der Waals surface area contributed by atoms with Crippen LogP contribution in [-0.2, 0) is 0 Å². The second kappa shape index (κ2) is 4.70. The lowest BCUT2D eigenvalue weighted by atomic mass is 10.0. The number of rotatable bonds is 3. The predicted molar refractivity (Wildman–Crippen MR) is 76.3 cm³/mol. The van der Waals surface area contributed by atoms with Crippen molar-refractivity contribution in [2.75, 3.05) is 12.4 Å². The van der Waals surface area contributed by atoms with Crippen LogP contribution < -0.4 is 11.1 Å². The van der Waals surface area contributed by atoms with Crippen LogP contribution in [0.2, 0.25) is 0 Å². The van der Waals surface area contributed by atoms with Crippen molar-refractivity contribution in [1.82, 2.24) is 4.98 Å². The summed E-state index contributed by atoms with van der Waals surface area (Å²) in [5.74, 6) is -0.625. The van der Waals surface area contributed by atoms with E-state index in [1.807, 2.05) is 19.2 Å². The molecule has 20 heavy (non-hydrogen) atoms. The summed E-state index contributed by atoms with van der Waals surface area (Å²) in [6.07, 6.45) is 0. The molecule has 0 spiro atoms. The van der Waals surface area contributed by atoms with Crippen molar-refractivity contribution in [3.05, 3.63) is 64.1 Å². The fourth-order valence-electron chi connectivity index (χ4n) is 2.05. The summed E-state index contributed by atoms with van der Waals surface area (Å²) >= 11 is 0. The SMILES string of the molecule is CNc1ccc(C(=O)c2ccc3oc(=O)[nH]c3c2)cc1. The van der Waals surface area contributed by atoms with Crippen LogP contribution in [0, 0.1) is 0 Å². The largest absolute Gasteiger partial charge is 0.417 e. The molecule has 1 heterocycles. The lowest BCUT2D eigenvalue weighted by Gasteiger charge is -2.03. The molecule has 0 aliphatic heterocycles. The highest BCUT2D eigenvalue weighted by molar-refractivity contribution is 6.10. The highest BCUT2D eigenvalue weighted by Crippen LogP contribution is 2.17. The van der Waals surface area contributed by atoms with E-state index in [1.165, 1.54) is 0 Å². The van der Waals surface area contributed by atoms with Crippen molar-refractivity contribution in [2.24, 2.45) is 0 Å². The first-order valence-electron chi connectivity index (χ1n) is 6.13. The van der Waals surface area contributed by atoms with Gasteiger partial charge in [0.25, 0.3) is 0 Å². The van der Waals surface area contributed by atoms with Gasteiger partial charge >= 0.3 is 5.76 Å². The van der Waals surface area contributed by atoms with Gasteiger partial charge in [-0.1, -0.05) is 0 Å². The van der Waals surface area contributed by atoms with Gasteiger partial charge in [0.1, 0.15) is 0 Å². The Morgan fingerprint density at radius 2 is 1.80 bits per heavy atom. The monoisotopic (exact) mass is 268 g/mol. The molecule has 2 aromatic carbocycles. The number of carbonyl (C=O) groups is 1. The summed E-state index contributed by atoms with van der Waals surface area (Å²) in [5, 5.41) is 3.00. The Hall–Kier alpha value is -2.82. The van der Waals surface area contributed by atoms with Gasteiger partial charge in [-0.3, -0.25) is 9.78 Å². The van der Waals surface area contributed by atoms with Gasteiger partial charge in [-0.05, 0) is 42.5 Å².